The number of rotatable bonds is 33. The average Bonchev–Trinajstić information content (AvgIpc) is 3.18. The van der Waals surface area contributed by atoms with Gasteiger partial charge in [-0.25, -0.2) is 4.57 Å². The second-order valence-electron chi connectivity index (χ2n) is 14.5. The first kappa shape index (κ1) is 51.8. The zero-order valence-corrected chi connectivity index (χ0v) is 34.8. The maximum Gasteiger partial charge on any atom is 0.472 e. The van der Waals surface area contributed by atoms with Crippen LogP contribution in [0.5, 0.6) is 0 Å². The molecule has 0 spiro atoms. The first-order valence-corrected chi connectivity index (χ1v) is 22.4. The molecule has 1 aliphatic rings. The van der Waals surface area contributed by atoms with Crippen LogP contribution in [0.25, 0.3) is 0 Å². The lowest BCUT2D eigenvalue weighted by atomic mass is 9.85. The number of carbonyl (C=O) groups is 2. The Morgan fingerprint density at radius 2 is 0.964 bits per heavy atom. The molecule has 1 rings (SSSR count). The molecule has 1 aliphatic carbocycles. The van der Waals surface area contributed by atoms with Crippen molar-refractivity contribution in [2.75, 3.05) is 13.2 Å². The van der Waals surface area contributed by atoms with Gasteiger partial charge in [0.25, 0.3) is 0 Å². The number of hydrogen-bond acceptors (Lipinski definition) is 12. The third kappa shape index (κ3) is 25.2. The normalized spacial score (nSPS) is 23.4. The molecule has 0 aromatic heterocycles. The number of phosphoric ester groups is 1. The fourth-order valence-corrected chi connectivity index (χ4v) is 6.95. The van der Waals surface area contributed by atoms with Gasteiger partial charge in [-0.2, -0.15) is 0 Å². The molecule has 0 aliphatic heterocycles. The molecule has 14 heteroatoms. The van der Waals surface area contributed by atoms with Crippen molar-refractivity contribution in [3.8, 4) is 0 Å². The summed E-state index contributed by atoms with van der Waals surface area (Å²) in [5.41, 5.74) is 0. The molecule has 1 fully saturated rings. The van der Waals surface area contributed by atoms with Crippen molar-refractivity contribution in [3.63, 3.8) is 0 Å². The van der Waals surface area contributed by atoms with Gasteiger partial charge in [-0.3, -0.25) is 18.6 Å². The fourth-order valence-electron chi connectivity index (χ4n) is 5.97. The molecule has 0 bridgehead atoms. The van der Waals surface area contributed by atoms with Gasteiger partial charge in [-0.1, -0.05) is 127 Å². The van der Waals surface area contributed by atoms with Gasteiger partial charge in [-0.05, 0) is 57.8 Å². The molecule has 1 saturated carbocycles. The van der Waals surface area contributed by atoms with Gasteiger partial charge in [0.05, 0.1) is 6.61 Å². The van der Waals surface area contributed by atoms with Crippen LogP contribution >= 0.6 is 7.82 Å². The molecule has 6 unspecified atom stereocenters. The van der Waals surface area contributed by atoms with Crippen molar-refractivity contribution in [2.45, 2.75) is 191 Å². The Balaban J connectivity index is 2.47. The van der Waals surface area contributed by atoms with Crippen LogP contribution in [-0.4, -0.2) is 98.3 Å². The Labute approximate surface area is 335 Å². The van der Waals surface area contributed by atoms with E-state index in [1.807, 2.05) is 0 Å². The molecule has 0 radical (unpaired) electrons. The van der Waals surface area contributed by atoms with Gasteiger partial charge in [0.15, 0.2) is 6.10 Å². The van der Waals surface area contributed by atoms with Gasteiger partial charge in [-0.15, -0.1) is 0 Å². The van der Waals surface area contributed by atoms with Gasteiger partial charge < -0.3 is 39.9 Å². The van der Waals surface area contributed by atoms with Crippen LogP contribution in [0.1, 0.15) is 149 Å². The average molecular weight is 817 g/mol. The van der Waals surface area contributed by atoms with E-state index in [-0.39, 0.29) is 12.8 Å². The summed E-state index contributed by atoms with van der Waals surface area (Å²) in [6.07, 6.45) is 23.4. The van der Waals surface area contributed by atoms with E-state index in [1.165, 1.54) is 32.1 Å². The van der Waals surface area contributed by atoms with E-state index in [9.17, 15) is 44.6 Å². The van der Waals surface area contributed by atoms with Gasteiger partial charge in [0.2, 0.25) is 0 Å². The topological polar surface area (TPSA) is 210 Å². The zero-order chi connectivity index (χ0) is 41.4. The molecular weight excluding hydrogens is 743 g/mol. The number of aliphatic hydroxyl groups is 5. The van der Waals surface area contributed by atoms with E-state index in [1.54, 1.807) is 0 Å². The smallest absolute Gasteiger partial charge is 0.462 e. The Kier molecular flexibility index (Phi) is 30.3. The molecule has 56 heavy (non-hydrogen) atoms. The number of ether oxygens (including phenoxy) is 2. The molecule has 324 valence electrons. The van der Waals surface area contributed by atoms with Crippen LogP contribution in [0.4, 0.5) is 0 Å². The van der Waals surface area contributed by atoms with Gasteiger partial charge in [0, 0.05) is 12.8 Å². The number of carbonyl (C=O) groups excluding carboxylic acids is 2. The predicted octanol–water partition coefficient (Wildman–Crippen LogP) is 7.22. The van der Waals surface area contributed by atoms with Crippen molar-refractivity contribution >= 4 is 19.8 Å². The van der Waals surface area contributed by atoms with E-state index in [0.717, 1.165) is 77.0 Å². The monoisotopic (exact) mass is 816 g/mol. The lowest BCUT2D eigenvalue weighted by molar-refractivity contribution is -0.220. The van der Waals surface area contributed by atoms with E-state index in [2.05, 4.69) is 62.5 Å². The van der Waals surface area contributed by atoms with Crippen LogP contribution in [0, 0.1) is 0 Å². The third-order valence-corrected chi connectivity index (χ3v) is 10.4. The molecular formula is C42H73O13P. The van der Waals surface area contributed by atoms with Crippen LogP contribution in [-0.2, 0) is 32.7 Å². The molecule has 13 nitrogen and oxygen atoms in total. The summed E-state index contributed by atoms with van der Waals surface area (Å²) >= 11 is 0. The van der Waals surface area contributed by atoms with E-state index in [0.29, 0.717) is 12.8 Å². The molecule has 0 heterocycles. The van der Waals surface area contributed by atoms with E-state index in [4.69, 9.17) is 18.5 Å². The summed E-state index contributed by atoms with van der Waals surface area (Å²) in [6, 6.07) is 0. The maximum absolute atomic E-state index is 12.7. The van der Waals surface area contributed by atoms with Crippen molar-refractivity contribution in [3.05, 3.63) is 48.6 Å². The highest BCUT2D eigenvalue weighted by Crippen LogP contribution is 2.47. The highest BCUT2D eigenvalue weighted by atomic mass is 31.2. The first-order chi connectivity index (χ1) is 26.9. The number of aliphatic hydroxyl groups excluding tert-OH is 5. The second kappa shape index (κ2) is 32.7. The Morgan fingerprint density at radius 3 is 1.50 bits per heavy atom. The number of hydrogen-bond donors (Lipinski definition) is 6. The summed E-state index contributed by atoms with van der Waals surface area (Å²) in [5.74, 6) is -1.14. The zero-order valence-electron chi connectivity index (χ0n) is 33.9. The minimum Gasteiger partial charge on any atom is -0.462 e. The van der Waals surface area contributed by atoms with Crippen LogP contribution in [0.2, 0.25) is 0 Å². The summed E-state index contributed by atoms with van der Waals surface area (Å²) < 4.78 is 33.3. The van der Waals surface area contributed by atoms with Crippen molar-refractivity contribution in [1.29, 1.82) is 0 Å². The molecule has 0 amide bonds. The molecule has 6 N–H and O–H groups in total. The first-order valence-electron chi connectivity index (χ1n) is 20.9. The lowest BCUT2D eigenvalue weighted by Crippen LogP contribution is -2.64. The van der Waals surface area contributed by atoms with E-state index >= 15 is 0 Å². The number of unbranched alkanes of at least 4 members (excludes halogenated alkanes) is 13. The van der Waals surface area contributed by atoms with Crippen molar-refractivity contribution < 1.29 is 63.1 Å². The van der Waals surface area contributed by atoms with Crippen LogP contribution in [0.15, 0.2) is 48.6 Å². The van der Waals surface area contributed by atoms with Crippen LogP contribution < -0.4 is 0 Å². The van der Waals surface area contributed by atoms with Gasteiger partial charge >= 0.3 is 19.8 Å². The van der Waals surface area contributed by atoms with E-state index < -0.39 is 75.7 Å². The van der Waals surface area contributed by atoms with Gasteiger partial charge in [0.1, 0.15) is 43.2 Å². The Hall–Kier alpha value is -2.19. The third-order valence-electron chi connectivity index (χ3n) is 9.42. The second-order valence-corrected chi connectivity index (χ2v) is 15.9. The standard InChI is InChI=1S/C42H73O13P/c1-3-5-7-9-11-13-14-15-16-17-18-19-20-21-22-23-25-26-28-30-35(43)52-32-34(54-36(44)31-29-27-24-12-10-8-6-4-2)33-53-56(50,51)55-42-40(48)38(46)37(45)39(47)41(42)49/h11,13,15-16,18-19,21-22,34,37-42,45-49H,3-10,12,14,17,20,23-33H2,1-2H3,(H,50,51)/b13-11+,16-15+,19-18+,22-21+/t34-,37?,38-,39?,40?,41?,42?/m0/s1. The predicted molar refractivity (Wildman–Crippen MR) is 216 cm³/mol. The maximum atomic E-state index is 12.7. The lowest BCUT2D eigenvalue weighted by Gasteiger charge is -2.41. The summed E-state index contributed by atoms with van der Waals surface area (Å²) in [4.78, 5) is 35.4. The summed E-state index contributed by atoms with van der Waals surface area (Å²) in [5, 5.41) is 49.9. The molecule has 0 saturated heterocycles. The highest BCUT2D eigenvalue weighted by molar-refractivity contribution is 7.47. The summed E-state index contributed by atoms with van der Waals surface area (Å²) in [6.45, 7) is 3.17. The number of phosphoric acid groups is 1. The SMILES string of the molecule is CCCCC/C=C/C/C=C/C/C=C/C/C=C/CCCCCC(=O)OC[C@@H](COP(=O)(O)OC1C(O)C(O)C(O)[C@H](O)C1O)OC(=O)CCCCCCCCCC. The Bertz CT molecular complexity index is 1170. The fraction of sp³-hybridized carbons (Fsp3) is 0.762. The largest absolute Gasteiger partial charge is 0.472 e. The van der Waals surface area contributed by atoms with Crippen LogP contribution in [0.3, 0.4) is 0 Å². The molecule has 8 atom stereocenters. The minimum atomic E-state index is -5.11. The van der Waals surface area contributed by atoms with Crippen molar-refractivity contribution in [2.24, 2.45) is 0 Å². The number of esters is 2. The molecule has 0 aromatic rings. The summed E-state index contributed by atoms with van der Waals surface area (Å²) in [7, 11) is -5.11. The number of allylic oxidation sites excluding steroid dienone is 8. The quantitative estimate of drug-likeness (QED) is 0.0168. The van der Waals surface area contributed by atoms with Crippen molar-refractivity contribution in [1.82, 2.24) is 0 Å². The minimum absolute atomic E-state index is 0.0880. The molecule has 0 aromatic carbocycles. The highest BCUT2D eigenvalue weighted by Gasteiger charge is 2.51. The Morgan fingerprint density at radius 1 is 0.554 bits per heavy atom.